The van der Waals surface area contributed by atoms with E-state index in [0.717, 1.165) is 5.56 Å². The van der Waals surface area contributed by atoms with Gasteiger partial charge in [-0.2, -0.15) is 0 Å². The van der Waals surface area contributed by atoms with E-state index in [9.17, 15) is 9.59 Å². The first kappa shape index (κ1) is 18.8. The maximum atomic E-state index is 11.7. The Morgan fingerprint density at radius 1 is 1.12 bits per heavy atom. The topological polar surface area (TPSA) is 67.4 Å². The third kappa shape index (κ3) is 6.49. The molecule has 0 aliphatic heterocycles. The summed E-state index contributed by atoms with van der Waals surface area (Å²) in [6.45, 7) is 1.71. The highest BCUT2D eigenvalue weighted by atomic mass is 35.5. The summed E-state index contributed by atoms with van der Waals surface area (Å²) in [7, 11) is 0. The van der Waals surface area contributed by atoms with E-state index in [0.29, 0.717) is 21.4 Å². The molecule has 0 fully saturated rings. The average Bonchev–Trinajstić information content (AvgIpc) is 2.57. The molecule has 0 saturated heterocycles. The highest BCUT2D eigenvalue weighted by molar-refractivity contribution is 6.35. The molecular weight excluding hydrogens is 363 g/mol. The van der Waals surface area contributed by atoms with Crippen molar-refractivity contribution < 1.29 is 14.3 Å². The summed E-state index contributed by atoms with van der Waals surface area (Å²) in [4.78, 5) is 23.4. The smallest absolute Gasteiger partial charge is 0.276 e. The molecule has 2 aromatic carbocycles. The molecule has 25 heavy (non-hydrogen) atoms. The van der Waals surface area contributed by atoms with Crippen LogP contribution in [0.25, 0.3) is 6.08 Å². The van der Waals surface area contributed by atoms with Gasteiger partial charge in [-0.3, -0.25) is 20.4 Å². The largest absolute Gasteiger partial charge is 0.484 e. The number of nitrogens with one attached hydrogen (secondary N) is 2. The summed E-state index contributed by atoms with van der Waals surface area (Å²) >= 11 is 11.8. The second kappa shape index (κ2) is 9.11. The van der Waals surface area contributed by atoms with Crippen LogP contribution in [0.1, 0.15) is 11.1 Å². The Labute approximate surface area is 155 Å². The first-order valence-electron chi connectivity index (χ1n) is 7.35. The molecule has 0 bridgehead atoms. The van der Waals surface area contributed by atoms with E-state index < -0.39 is 11.8 Å². The summed E-state index contributed by atoms with van der Waals surface area (Å²) in [6.07, 6.45) is 2.76. The summed E-state index contributed by atoms with van der Waals surface area (Å²) in [5.74, 6) is -0.401. The lowest BCUT2D eigenvalue weighted by atomic mass is 10.2. The number of ether oxygens (including phenoxy) is 1. The first-order chi connectivity index (χ1) is 11.9. The maximum Gasteiger partial charge on any atom is 0.276 e. The van der Waals surface area contributed by atoms with Gasteiger partial charge in [0, 0.05) is 16.1 Å². The Kier molecular flexibility index (Phi) is 6.86. The molecule has 2 N–H and O–H groups in total. The first-order valence-corrected chi connectivity index (χ1v) is 8.11. The minimum atomic E-state index is -0.505. The molecule has 0 unspecified atom stereocenters. The van der Waals surface area contributed by atoms with Crippen LogP contribution < -0.4 is 15.6 Å². The van der Waals surface area contributed by atoms with Gasteiger partial charge < -0.3 is 4.74 Å². The van der Waals surface area contributed by atoms with Gasteiger partial charge in [0.1, 0.15) is 5.75 Å². The van der Waals surface area contributed by atoms with Crippen LogP contribution in [0, 0.1) is 6.92 Å². The quantitative estimate of drug-likeness (QED) is 0.617. The number of halogens is 2. The monoisotopic (exact) mass is 378 g/mol. The second-order valence-corrected chi connectivity index (χ2v) is 5.99. The summed E-state index contributed by atoms with van der Waals surface area (Å²) in [5, 5.41) is 0.930. The van der Waals surface area contributed by atoms with E-state index in [2.05, 4.69) is 10.9 Å². The number of hydrogen-bond donors (Lipinski definition) is 2. The third-order valence-corrected chi connectivity index (χ3v) is 3.62. The maximum absolute atomic E-state index is 11.7. The zero-order valence-electron chi connectivity index (χ0n) is 13.4. The van der Waals surface area contributed by atoms with Crippen LogP contribution in [0.4, 0.5) is 0 Å². The molecule has 2 rings (SSSR count). The van der Waals surface area contributed by atoms with E-state index >= 15 is 0 Å². The second-order valence-electron chi connectivity index (χ2n) is 5.14. The molecule has 0 atom stereocenters. The van der Waals surface area contributed by atoms with Crippen molar-refractivity contribution in [2.45, 2.75) is 6.92 Å². The Hall–Kier alpha value is -2.50. The van der Waals surface area contributed by atoms with Gasteiger partial charge >= 0.3 is 0 Å². The van der Waals surface area contributed by atoms with Gasteiger partial charge in [0.25, 0.3) is 11.8 Å². The molecule has 130 valence electrons. The zero-order valence-corrected chi connectivity index (χ0v) is 14.9. The zero-order chi connectivity index (χ0) is 18.2. The molecule has 0 spiro atoms. The number of hydrogen-bond acceptors (Lipinski definition) is 3. The molecule has 0 aromatic heterocycles. The van der Waals surface area contributed by atoms with Crippen LogP contribution in [-0.4, -0.2) is 18.4 Å². The Balaban J connectivity index is 1.77. The van der Waals surface area contributed by atoms with Crippen LogP contribution in [0.5, 0.6) is 5.75 Å². The molecular formula is C18H16Cl2N2O3. The lowest BCUT2D eigenvalue weighted by molar-refractivity contribution is -0.128. The summed E-state index contributed by atoms with van der Waals surface area (Å²) in [6, 6.07) is 12.2. The van der Waals surface area contributed by atoms with Crippen LogP contribution in [-0.2, 0) is 9.59 Å². The van der Waals surface area contributed by atoms with E-state index in [1.54, 1.807) is 24.3 Å². The number of aryl methyl sites for hydroxylation is 1. The van der Waals surface area contributed by atoms with Crippen LogP contribution in [0.15, 0.2) is 48.5 Å². The fraction of sp³-hybridized carbons (Fsp3) is 0.111. The SMILES string of the molecule is Cc1cccc(OCC(=O)NNC(=O)C=Cc2ccc(Cl)cc2Cl)c1. The lowest BCUT2D eigenvalue weighted by Crippen LogP contribution is -2.43. The fourth-order valence-electron chi connectivity index (χ4n) is 1.87. The van der Waals surface area contributed by atoms with Crippen LogP contribution in [0.3, 0.4) is 0 Å². The van der Waals surface area contributed by atoms with Gasteiger partial charge in [-0.1, -0.05) is 41.4 Å². The highest BCUT2D eigenvalue weighted by Crippen LogP contribution is 2.21. The van der Waals surface area contributed by atoms with E-state index in [1.807, 2.05) is 25.1 Å². The van der Waals surface area contributed by atoms with Crippen molar-refractivity contribution in [2.24, 2.45) is 0 Å². The standard InChI is InChI=1S/C18H16Cl2N2O3/c1-12-3-2-4-15(9-12)25-11-18(24)22-21-17(23)8-6-13-5-7-14(19)10-16(13)20/h2-10H,11H2,1H3,(H,21,23)(H,22,24). The number of carbonyl (C=O) groups is 2. The van der Waals surface area contributed by atoms with Gasteiger partial charge in [0.15, 0.2) is 6.61 Å². The number of rotatable bonds is 5. The molecule has 0 saturated carbocycles. The molecule has 0 aliphatic carbocycles. The summed E-state index contributed by atoms with van der Waals surface area (Å²) in [5.41, 5.74) is 6.17. The normalized spacial score (nSPS) is 10.5. The van der Waals surface area contributed by atoms with Crippen molar-refractivity contribution in [1.29, 1.82) is 0 Å². The predicted molar refractivity (Wildman–Crippen MR) is 98.5 cm³/mol. The van der Waals surface area contributed by atoms with Crippen molar-refractivity contribution >= 4 is 41.1 Å². The molecule has 2 amide bonds. The van der Waals surface area contributed by atoms with E-state index in [4.69, 9.17) is 27.9 Å². The number of amides is 2. The fourth-order valence-corrected chi connectivity index (χ4v) is 2.34. The van der Waals surface area contributed by atoms with E-state index in [1.165, 1.54) is 12.2 Å². The molecule has 0 heterocycles. The van der Waals surface area contributed by atoms with Gasteiger partial charge in [-0.25, -0.2) is 0 Å². The minimum absolute atomic E-state index is 0.212. The molecule has 0 aliphatic rings. The van der Waals surface area contributed by atoms with Crippen molar-refractivity contribution in [1.82, 2.24) is 10.9 Å². The van der Waals surface area contributed by atoms with Gasteiger partial charge in [-0.05, 0) is 48.4 Å². The average molecular weight is 379 g/mol. The number of hydrazine groups is 1. The molecule has 0 radical (unpaired) electrons. The third-order valence-electron chi connectivity index (χ3n) is 3.06. The predicted octanol–water partition coefficient (Wildman–Crippen LogP) is 3.54. The number of benzene rings is 2. The Bertz CT molecular complexity index is 807. The molecule has 2 aromatic rings. The highest BCUT2D eigenvalue weighted by Gasteiger charge is 2.04. The molecule has 5 nitrogen and oxygen atoms in total. The van der Waals surface area contributed by atoms with Crippen molar-refractivity contribution in [3.05, 3.63) is 69.7 Å². The van der Waals surface area contributed by atoms with E-state index in [-0.39, 0.29) is 6.61 Å². The lowest BCUT2D eigenvalue weighted by Gasteiger charge is -2.08. The Morgan fingerprint density at radius 3 is 2.64 bits per heavy atom. The van der Waals surface area contributed by atoms with Gasteiger partial charge in [-0.15, -0.1) is 0 Å². The van der Waals surface area contributed by atoms with Crippen molar-refractivity contribution in [3.63, 3.8) is 0 Å². The van der Waals surface area contributed by atoms with Crippen LogP contribution in [0.2, 0.25) is 10.0 Å². The van der Waals surface area contributed by atoms with Crippen molar-refractivity contribution in [3.8, 4) is 5.75 Å². The molecule has 7 heteroatoms. The van der Waals surface area contributed by atoms with Gasteiger partial charge in [0.05, 0.1) is 0 Å². The van der Waals surface area contributed by atoms with Gasteiger partial charge in [0.2, 0.25) is 0 Å². The van der Waals surface area contributed by atoms with Crippen LogP contribution >= 0.6 is 23.2 Å². The number of carbonyl (C=O) groups excluding carboxylic acids is 2. The summed E-state index contributed by atoms with van der Waals surface area (Å²) < 4.78 is 5.33. The van der Waals surface area contributed by atoms with Crippen molar-refractivity contribution in [2.75, 3.05) is 6.61 Å². The minimum Gasteiger partial charge on any atom is -0.484 e. The Morgan fingerprint density at radius 2 is 1.92 bits per heavy atom.